The van der Waals surface area contributed by atoms with Gasteiger partial charge in [-0.25, -0.2) is 18.6 Å². The van der Waals surface area contributed by atoms with Crippen LogP contribution in [0.25, 0.3) is 11.3 Å². The minimum atomic E-state index is -0.774. The van der Waals surface area contributed by atoms with E-state index in [1.54, 1.807) is 31.9 Å². The van der Waals surface area contributed by atoms with E-state index in [-0.39, 0.29) is 49.3 Å². The van der Waals surface area contributed by atoms with Crippen LogP contribution >= 0.6 is 0 Å². The number of likely N-dealkylation sites (tertiary alicyclic amines) is 1. The van der Waals surface area contributed by atoms with Gasteiger partial charge in [0.05, 0.1) is 11.7 Å². The smallest absolute Gasteiger partial charge is 0.410 e. The van der Waals surface area contributed by atoms with Crippen LogP contribution in [0, 0.1) is 28.9 Å². The van der Waals surface area contributed by atoms with Gasteiger partial charge in [-0.1, -0.05) is 51.1 Å². The van der Waals surface area contributed by atoms with Gasteiger partial charge in [0, 0.05) is 63.3 Å². The zero-order valence-electron chi connectivity index (χ0n) is 28.7. The zero-order chi connectivity index (χ0) is 35.4. The van der Waals surface area contributed by atoms with Crippen molar-refractivity contribution in [3.05, 3.63) is 77.8 Å². The fraction of sp³-hybridized carbons (Fsp3) is 0.500. The number of aromatic nitrogens is 2. The summed E-state index contributed by atoms with van der Waals surface area (Å²) in [6, 6.07) is 11.9. The maximum atomic E-state index is 15.1. The van der Waals surface area contributed by atoms with E-state index in [0.717, 1.165) is 23.8 Å². The molecule has 1 N–H and O–H groups in total. The minimum Gasteiger partial charge on any atom is -0.456 e. The predicted octanol–water partition coefficient (Wildman–Crippen LogP) is 5.83. The molecule has 2 aromatic carbocycles. The normalized spacial score (nSPS) is 17.2. The first-order valence-electron chi connectivity index (χ1n) is 16.0. The van der Waals surface area contributed by atoms with Crippen molar-refractivity contribution < 1.29 is 37.7 Å². The number of carbonyl (C=O) groups is 3. The van der Waals surface area contributed by atoms with Crippen molar-refractivity contribution in [2.24, 2.45) is 17.3 Å². The van der Waals surface area contributed by atoms with Crippen molar-refractivity contribution in [1.82, 2.24) is 19.4 Å². The fourth-order valence-corrected chi connectivity index (χ4v) is 6.05. The van der Waals surface area contributed by atoms with Crippen molar-refractivity contribution in [1.29, 1.82) is 0 Å². The number of hydrogen-bond donors (Lipinski definition) is 1. The molecule has 1 aliphatic rings. The third-order valence-electron chi connectivity index (χ3n) is 8.20. The molecule has 0 saturated carbocycles. The lowest BCUT2D eigenvalue weighted by atomic mass is 9.83. The summed E-state index contributed by atoms with van der Waals surface area (Å²) in [5, 5.41) is 10.4. The van der Waals surface area contributed by atoms with Gasteiger partial charge in [-0.2, -0.15) is 0 Å². The highest BCUT2D eigenvalue weighted by Gasteiger charge is 2.43. The van der Waals surface area contributed by atoms with E-state index in [0.29, 0.717) is 12.4 Å². The van der Waals surface area contributed by atoms with Gasteiger partial charge in [0.15, 0.2) is 6.61 Å². The molecule has 1 saturated heterocycles. The van der Waals surface area contributed by atoms with Crippen LogP contribution < -0.4 is 0 Å². The van der Waals surface area contributed by atoms with Crippen molar-refractivity contribution in [2.75, 3.05) is 32.8 Å². The van der Waals surface area contributed by atoms with Crippen LogP contribution in [-0.4, -0.2) is 80.9 Å². The largest absolute Gasteiger partial charge is 0.456 e. The molecule has 260 valence electrons. The summed E-state index contributed by atoms with van der Waals surface area (Å²) in [6.07, 6.45) is 1.12. The molecule has 10 nitrogen and oxygen atoms in total. The summed E-state index contributed by atoms with van der Waals surface area (Å²) < 4.78 is 42.0. The molecule has 4 rings (SSSR count). The molecule has 48 heavy (non-hydrogen) atoms. The van der Waals surface area contributed by atoms with Gasteiger partial charge in [-0.05, 0) is 49.9 Å². The molecule has 2 unspecified atom stereocenters. The minimum absolute atomic E-state index is 0.0300. The number of hydrogen-bond acceptors (Lipinski definition) is 7. The number of nitrogens with zero attached hydrogens (tertiary/aromatic N) is 4. The molecule has 3 atom stereocenters. The number of ether oxygens (including phenoxy) is 2. The van der Waals surface area contributed by atoms with E-state index in [1.807, 2.05) is 55.7 Å². The molecule has 2 heterocycles. The Kier molecular flexibility index (Phi) is 11.3. The zero-order valence-corrected chi connectivity index (χ0v) is 28.7. The number of rotatable bonds is 10. The van der Waals surface area contributed by atoms with Crippen molar-refractivity contribution in [3.63, 3.8) is 0 Å². The quantitative estimate of drug-likeness (QED) is 0.271. The Labute approximate surface area is 280 Å². The molecule has 12 heteroatoms. The number of benzene rings is 2. The Hall–Kier alpha value is -4.32. The lowest BCUT2D eigenvalue weighted by Crippen LogP contribution is -2.47. The number of imidazole rings is 1. The molecular formula is C36H46F2N4O6. The predicted molar refractivity (Wildman–Crippen MR) is 176 cm³/mol. The van der Waals surface area contributed by atoms with Crippen LogP contribution in [0.5, 0.6) is 0 Å². The van der Waals surface area contributed by atoms with E-state index in [9.17, 15) is 23.9 Å². The average Bonchev–Trinajstić information content (AvgIpc) is 3.60. The first kappa shape index (κ1) is 36.5. The highest BCUT2D eigenvalue weighted by atomic mass is 19.1. The third kappa shape index (κ3) is 9.18. The van der Waals surface area contributed by atoms with Gasteiger partial charge in [0.25, 0.3) is 5.91 Å². The summed E-state index contributed by atoms with van der Waals surface area (Å²) in [5.41, 5.74) is -0.344. The second kappa shape index (κ2) is 14.8. The highest BCUT2D eigenvalue weighted by molar-refractivity contribution is 5.80. The fourth-order valence-electron chi connectivity index (χ4n) is 6.05. The van der Waals surface area contributed by atoms with E-state index >= 15 is 4.39 Å². The van der Waals surface area contributed by atoms with Crippen molar-refractivity contribution >= 4 is 18.0 Å². The summed E-state index contributed by atoms with van der Waals surface area (Å²) >= 11 is 0. The Morgan fingerprint density at radius 1 is 1.02 bits per heavy atom. The van der Waals surface area contributed by atoms with E-state index in [1.165, 1.54) is 11.8 Å². The molecule has 2 amide bonds. The first-order valence-corrected chi connectivity index (χ1v) is 16.0. The number of carbonyl (C=O) groups excluding carboxylic acids is 3. The lowest BCUT2D eigenvalue weighted by molar-refractivity contribution is -0.153. The molecule has 1 fully saturated rings. The standard InChI is InChI=1S/C36H46F2N4O6/c1-23(44)47-22-31(45)42(19-25-17-41(18-26(25)21-43)34(46)48-36(5,6)7)32(35(2,3)4)33-39-30(28-15-27(37)13-14-29(28)38)20-40(33)16-24-11-9-8-10-12-24/h8-15,20,25-26,32,43H,16-19,21-22H2,1-7H3/t25?,26?,32-/m0/s1. The van der Waals surface area contributed by atoms with Crippen LogP contribution in [0.2, 0.25) is 0 Å². The van der Waals surface area contributed by atoms with E-state index in [4.69, 9.17) is 14.5 Å². The van der Waals surface area contributed by atoms with Crippen molar-refractivity contribution in [2.45, 2.75) is 66.7 Å². The number of aliphatic hydroxyl groups excluding tert-OH is 1. The van der Waals surface area contributed by atoms with Gasteiger partial charge in [0.1, 0.15) is 23.1 Å². The summed E-state index contributed by atoms with van der Waals surface area (Å²) in [4.78, 5) is 46.8. The maximum Gasteiger partial charge on any atom is 0.410 e. The lowest BCUT2D eigenvalue weighted by Gasteiger charge is -2.41. The Balaban J connectivity index is 1.83. The average molecular weight is 669 g/mol. The summed E-state index contributed by atoms with van der Waals surface area (Å²) in [6.45, 7) is 12.4. The van der Waals surface area contributed by atoms with Gasteiger partial charge in [-0.3, -0.25) is 9.59 Å². The first-order chi connectivity index (χ1) is 22.5. The molecule has 0 aliphatic carbocycles. The van der Waals surface area contributed by atoms with Gasteiger partial charge in [0.2, 0.25) is 0 Å². The van der Waals surface area contributed by atoms with Gasteiger partial charge >= 0.3 is 12.1 Å². The molecule has 0 radical (unpaired) electrons. The number of esters is 1. The monoisotopic (exact) mass is 668 g/mol. The molecule has 3 aromatic rings. The topological polar surface area (TPSA) is 114 Å². The summed E-state index contributed by atoms with van der Waals surface area (Å²) in [5.74, 6) is -2.75. The van der Waals surface area contributed by atoms with Crippen LogP contribution in [-0.2, 0) is 25.6 Å². The highest BCUT2D eigenvalue weighted by Crippen LogP contribution is 2.41. The van der Waals surface area contributed by atoms with Gasteiger partial charge in [-0.15, -0.1) is 0 Å². The van der Waals surface area contributed by atoms with E-state index < -0.39 is 53.3 Å². The van der Waals surface area contributed by atoms with Crippen LogP contribution in [0.1, 0.15) is 65.9 Å². The SMILES string of the molecule is CC(=O)OCC(=O)N(CC1CN(C(=O)OC(C)(C)C)CC1CO)[C@@H](c1nc(-c2cc(F)ccc2F)cn1Cc1ccccc1)C(C)(C)C. The van der Waals surface area contributed by atoms with Crippen molar-refractivity contribution in [3.8, 4) is 11.3 Å². The Bertz CT molecular complexity index is 1600. The molecule has 1 aromatic heterocycles. The Morgan fingerprint density at radius 2 is 1.69 bits per heavy atom. The maximum absolute atomic E-state index is 15.1. The number of aliphatic hydroxyl groups is 1. The van der Waals surface area contributed by atoms with Crippen LogP contribution in [0.15, 0.2) is 54.7 Å². The second-order valence-corrected chi connectivity index (χ2v) is 14.4. The summed E-state index contributed by atoms with van der Waals surface area (Å²) in [7, 11) is 0. The Morgan fingerprint density at radius 3 is 2.29 bits per heavy atom. The molecule has 0 spiro atoms. The third-order valence-corrected chi connectivity index (χ3v) is 8.20. The van der Waals surface area contributed by atoms with Gasteiger partial charge < -0.3 is 28.9 Å². The number of halogens is 2. The second-order valence-electron chi connectivity index (χ2n) is 14.4. The molecule has 1 aliphatic heterocycles. The molecule has 0 bridgehead atoms. The number of amides is 2. The molecular weight excluding hydrogens is 622 g/mol. The van der Waals surface area contributed by atoms with Crippen LogP contribution in [0.3, 0.4) is 0 Å². The van der Waals surface area contributed by atoms with E-state index in [2.05, 4.69) is 0 Å². The van der Waals surface area contributed by atoms with Crippen LogP contribution in [0.4, 0.5) is 13.6 Å².